The average Bonchev–Trinajstić information content (AvgIpc) is 2.58. The summed E-state index contributed by atoms with van der Waals surface area (Å²) in [6, 6.07) is 8.33. The Labute approximate surface area is 136 Å². The van der Waals surface area contributed by atoms with Crippen molar-refractivity contribution >= 4 is 23.0 Å². The van der Waals surface area contributed by atoms with Gasteiger partial charge in [-0.1, -0.05) is 26.0 Å². The van der Waals surface area contributed by atoms with Crippen LogP contribution in [0.5, 0.6) is 0 Å². The van der Waals surface area contributed by atoms with E-state index in [4.69, 9.17) is 10.5 Å². The molecule has 0 atom stereocenters. The minimum Gasteiger partial charge on any atom is -0.393 e. The van der Waals surface area contributed by atoms with Gasteiger partial charge in [0.1, 0.15) is 12.0 Å². The zero-order valence-corrected chi connectivity index (χ0v) is 13.6. The highest BCUT2D eigenvalue weighted by Gasteiger charge is 2.17. The number of nitrogen functional groups attached to an aromatic ring is 1. The third-order valence-electron chi connectivity index (χ3n) is 4.01. The lowest BCUT2D eigenvalue weighted by molar-refractivity contribution is 0.122. The van der Waals surface area contributed by atoms with Gasteiger partial charge in [0.15, 0.2) is 11.6 Å². The van der Waals surface area contributed by atoms with Crippen molar-refractivity contribution in [2.75, 3.05) is 42.3 Å². The molecule has 3 rings (SSSR count). The Bertz CT molecular complexity index is 651. The van der Waals surface area contributed by atoms with Crippen molar-refractivity contribution in [3.05, 3.63) is 36.2 Å². The van der Waals surface area contributed by atoms with Gasteiger partial charge in [-0.2, -0.15) is 0 Å². The molecule has 3 N–H and O–H groups in total. The fourth-order valence-electron chi connectivity index (χ4n) is 2.60. The van der Waals surface area contributed by atoms with E-state index in [-0.39, 0.29) is 0 Å². The van der Waals surface area contributed by atoms with Crippen molar-refractivity contribution in [3.63, 3.8) is 0 Å². The maximum Gasteiger partial charge on any atom is 0.159 e. The highest BCUT2D eigenvalue weighted by molar-refractivity contribution is 5.78. The van der Waals surface area contributed by atoms with Crippen LogP contribution in [-0.2, 0) is 4.74 Å². The minimum absolute atomic E-state index is 0.515. The van der Waals surface area contributed by atoms with E-state index in [1.165, 1.54) is 5.56 Å². The maximum atomic E-state index is 6.27. The smallest absolute Gasteiger partial charge is 0.159 e. The Morgan fingerprint density at radius 3 is 2.48 bits per heavy atom. The van der Waals surface area contributed by atoms with Crippen LogP contribution < -0.4 is 16.0 Å². The van der Waals surface area contributed by atoms with Gasteiger partial charge >= 0.3 is 0 Å². The number of nitrogens with two attached hydrogens (primary N) is 1. The SMILES string of the molecule is CC(C)c1ccc(Nc2ncnc(N3CCOCC3)c2N)cc1. The quantitative estimate of drug-likeness (QED) is 0.904. The van der Waals surface area contributed by atoms with Gasteiger partial charge in [-0.15, -0.1) is 0 Å². The molecule has 1 aromatic carbocycles. The van der Waals surface area contributed by atoms with Crippen molar-refractivity contribution in [1.82, 2.24) is 9.97 Å². The van der Waals surface area contributed by atoms with Gasteiger partial charge < -0.3 is 20.7 Å². The van der Waals surface area contributed by atoms with Gasteiger partial charge in [0.05, 0.1) is 13.2 Å². The Morgan fingerprint density at radius 2 is 1.83 bits per heavy atom. The third kappa shape index (κ3) is 3.53. The summed E-state index contributed by atoms with van der Waals surface area (Å²) >= 11 is 0. The number of rotatable bonds is 4. The van der Waals surface area contributed by atoms with E-state index in [1.807, 2.05) is 12.1 Å². The van der Waals surface area contributed by atoms with Crippen LogP contribution in [0.15, 0.2) is 30.6 Å². The Balaban J connectivity index is 1.80. The lowest BCUT2D eigenvalue weighted by atomic mass is 10.0. The molecule has 23 heavy (non-hydrogen) atoms. The van der Waals surface area contributed by atoms with Gasteiger partial charge in [0.25, 0.3) is 0 Å². The number of nitrogens with one attached hydrogen (secondary N) is 1. The van der Waals surface area contributed by atoms with E-state index < -0.39 is 0 Å². The molecule has 1 aromatic heterocycles. The molecule has 122 valence electrons. The van der Waals surface area contributed by atoms with Crippen LogP contribution in [0.25, 0.3) is 0 Å². The highest BCUT2D eigenvalue weighted by atomic mass is 16.5. The first-order valence-corrected chi connectivity index (χ1v) is 7.95. The molecule has 0 amide bonds. The van der Waals surface area contributed by atoms with Crippen molar-refractivity contribution in [2.24, 2.45) is 0 Å². The van der Waals surface area contributed by atoms with Crippen LogP contribution in [0.4, 0.5) is 23.0 Å². The average molecular weight is 313 g/mol. The van der Waals surface area contributed by atoms with Gasteiger partial charge in [-0.05, 0) is 23.6 Å². The fraction of sp³-hybridized carbons (Fsp3) is 0.412. The molecule has 1 saturated heterocycles. The first kappa shape index (κ1) is 15.6. The summed E-state index contributed by atoms with van der Waals surface area (Å²) in [6.45, 7) is 7.35. The Hall–Kier alpha value is -2.34. The first-order chi connectivity index (χ1) is 11.1. The van der Waals surface area contributed by atoms with E-state index in [0.717, 1.165) is 24.6 Å². The predicted octanol–water partition coefficient (Wildman–Crippen LogP) is 2.76. The maximum absolute atomic E-state index is 6.27. The summed E-state index contributed by atoms with van der Waals surface area (Å²) in [5.41, 5.74) is 9.11. The summed E-state index contributed by atoms with van der Waals surface area (Å²) in [6.07, 6.45) is 1.55. The zero-order chi connectivity index (χ0) is 16.2. The van der Waals surface area contributed by atoms with E-state index in [1.54, 1.807) is 6.33 Å². The Kier molecular flexibility index (Phi) is 4.62. The monoisotopic (exact) mass is 313 g/mol. The van der Waals surface area contributed by atoms with Crippen LogP contribution in [0, 0.1) is 0 Å². The summed E-state index contributed by atoms with van der Waals surface area (Å²) in [7, 11) is 0. The molecular formula is C17H23N5O. The molecular weight excluding hydrogens is 290 g/mol. The second-order valence-electron chi connectivity index (χ2n) is 5.96. The summed E-state index contributed by atoms with van der Waals surface area (Å²) < 4.78 is 5.38. The molecule has 6 nitrogen and oxygen atoms in total. The van der Waals surface area contributed by atoms with Crippen LogP contribution in [0.3, 0.4) is 0 Å². The van der Waals surface area contributed by atoms with E-state index in [9.17, 15) is 0 Å². The highest BCUT2D eigenvalue weighted by Crippen LogP contribution is 2.29. The van der Waals surface area contributed by atoms with Crippen LogP contribution in [0.1, 0.15) is 25.3 Å². The number of hydrogen-bond donors (Lipinski definition) is 2. The fourth-order valence-corrected chi connectivity index (χ4v) is 2.60. The Morgan fingerprint density at radius 1 is 1.13 bits per heavy atom. The van der Waals surface area contributed by atoms with Crippen LogP contribution in [0.2, 0.25) is 0 Å². The molecule has 0 spiro atoms. The van der Waals surface area contributed by atoms with E-state index in [2.05, 4.69) is 46.2 Å². The zero-order valence-electron chi connectivity index (χ0n) is 13.6. The molecule has 0 bridgehead atoms. The molecule has 0 aliphatic carbocycles. The lowest BCUT2D eigenvalue weighted by Crippen LogP contribution is -2.37. The van der Waals surface area contributed by atoms with Gasteiger partial charge in [0.2, 0.25) is 0 Å². The van der Waals surface area contributed by atoms with Crippen molar-refractivity contribution in [3.8, 4) is 0 Å². The number of anilines is 4. The molecule has 0 unspecified atom stereocenters. The first-order valence-electron chi connectivity index (χ1n) is 7.95. The van der Waals surface area contributed by atoms with Crippen molar-refractivity contribution in [1.29, 1.82) is 0 Å². The molecule has 1 aliphatic rings. The van der Waals surface area contributed by atoms with Crippen LogP contribution in [-0.4, -0.2) is 36.3 Å². The minimum atomic E-state index is 0.515. The number of nitrogens with zero attached hydrogens (tertiary/aromatic N) is 3. The molecule has 6 heteroatoms. The standard InChI is InChI=1S/C17H23N5O/c1-12(2)13-3-5-14(6-4-13)21-16-15(18)17(20-11-19-16)22-7-9-23-10-8-22/h3-6,11-12H,7-10,18H2,1-2H3,(H,19,20,21). The second kappa shape index (κ2) is 6.83. The van der Waals surface area contributed by atoms with Crippen molar-refractivity contribution < 1.29 is 4.74 Å². The van der Waals surface area contributed by atoms with Crippen molar-refractivity contribution in [2.45, 2.75) is 19.8 Å². The molecule has 0 saturated carbocycles. The molecule has 2 heterocycles. The largest absolute Gasteiger partial charge is 0.393 e. The number of benzene rings is 1. The molecule has 1 aliphatic heterocycles. The molecule has 2 aromatic rings. The summed E-state index contributed by atoms with van der Waals surface area (Å²) in [5, 5.41) is 3.28. The van der Waals surface area contributed by atoms with E-state index in [0.29, 0.717) is 30.6 Å². The third-order valence-corrected chi connectivity index (χ3v) is 4.01. The summed E-state index contributed by atoms with van der Waals surface area (Å²) in [4.78, 5) is 10.7. The van der Waals surface area contributed by atoms with Gasteiger partial charge in [-0.3, -0.25) is 0 Å². The van der Waals surface area contributed by atoms with Gasteiger partial charge in [-0.25, -0.2) is 9.97 Å². The number of hydrogen-bond acceptors (Lipinski definition) is 6. The van der Waals surface area contributed by atoms with Gasteiger partial charge in [0, 0.05) is 18.8 Å². The lowest BCUT2D eigenvalue weighted by Gasteiger charge is -2.29. The molecule has 0 radical (unpaired) electrons. The topological polar surface area (TPSA) is 76.3 Å². The van der Waals surface area contributed by atoms with Crippen LogP contribution >= 0.6 is 0 Å². The number of aromatic nitrogens is 2. The summed E-state index contributed by atoms with van der Waals surface area (Å²) in [5.74, 6) is 1.92. The molecule has 1 fully saturated rings. The predicted molar refractivity (Wildman–Crippen MR) is 93.3 cm³/mol. The number of morpholine rings is 1. The van der Waals surface area contributed by atoms with E-state index >= 15 is 0 Å². The number of ether oxygens (including phenoxy) is 1. The normalized spacial score (nSPS) is 15.0. The second-order valence-corrected chi connectivity index (χ2v) is 5.96.